The maximum Gasteiger partial charge on any atom is 0.242 e. The second-order valence-electron chi connectivity index (χ2n) is 4.52. The highest BCUT2D eigenvalue weighted by molar-refractivity contribution is 6.32. The van der Waals surface area contributed by atoms with E-state index in [2.05, 4.69) is 5.32 Å². The van der Waals surface area contributed by atoms with Gasteiger partial charge in [0.1, 0.15) is 11.1 Å². The van der Waals surface area contributed by atoms with Crippen LogP contribution in [0.4, 0.5) is 5.69 Å². The van der Waals surface area contributed by atoms with Crippen LogP contribution in [0.5, 0.6) is 11.5 Å². The van der Waals surface area contributed by atoms with Crippen LogP contribution in [0.15, 0.2) is 48.5 Å². The van der Waals surface area contributed by atoms with Gasteiger partial charge in [-0.3, -0.25) is 4.79 Å². The zero-order valence-electron chi connectivity index (χ0n) is 11.4. The van der Waals surface area contributed by atoms with Crippen molar-refractivity contribution in [2.75, 3.05) is 5.32 Å². The molecule has 1 amide bonds. The Kier molecular flexibility index (Phi) is 4.64. The lowest BCUT2D eigenvalue weighted by atomic mass is 10.2. The Balaban J connectivity index is 2.19. The first kappa shape index (κ1) is 14.4. The van der Waals surface area contributed by atoms with Crippen LogP contribution >= 0.6 is 11.6 Å². The van der Waals surface area contributed by atoms with Crippen molar-refractivity contribution in [3.63, 3.8) is 0 Å². The molecule has 4 heteroatoms. The van der Waals surface area contributed by atoms with Gasteiger partial charge < -0.3 is 10.1 Å². The van der Waals surface area contributed by atoms with Gasteiger partial charge in [0.2, 0.25) is 5.91 Å². The number of benzene rings is 2. The highest BCUT2D eigenvalue weighted by Gasteiger charge is 2.12. The summed E-state index contributed by atoms with van der Waals surface area (Å²) in [5.41, 5.74) is 1.76. The van der Waals surface area contributed by atoms with Crippen LogP contribution in [-0.4, -0.2) is 11.3 Å². The maximum atomic E-state index is 11.7. The van der Waals surface area contributed by atoms with Gasteiger partial charge in [-0.1, -0.05) is 29.8 Å². The number of alkyl halides is 1. The van der Waals surface area contributed by atoms with Gasteiger partial charge in [-0.2, -0.15) is 0 Å². The molecule has 0 bridgehead atoms. The third kappa shape index (κ3) is 3.75. The number of carbonyl (C=O) groups excluding carboxylic acids is 1. The Morgan fingerprint density at radius 2 is 1.80 bits per heavy atom. The number of ether oxygens (including phenoxy) is 1. The van der Waals surface area contributed by atoms with Crippen molar-refractivity contribution in [3.8, 4) is 11.5 Å². The number of carbonyl (C=O) groups is 1. The maximum absolute atomic E-state index is 11.7. The number of hydrogen-bond donors (Lipinski definition) is 1. The summed E-state index contributed by atoms with van der Waals surface area (Å²) in [4.78, 5) is 11.7. The molecule has 0 radical (unpaired) electrons. The second kappa shape index (κ2) is 6.44. The predicted octanol–water partition coefficient (Wildman–Crippen LogP) is 4.35. The summed E-state index contributed by atoms with van der Waals surface area (Å²) in [5, 5.41) is 2.15. The van der Waals surface area contributed by atoms with Crippen LogP contribution in [0.25, 0.3) is 0 Å². The first-order valence-electron chi connectivity index (χ1n) is 6.35. The quantitative estimate of drug-likeness (QED) is 0.850. The zero-order valence-corrected chi connectivity index (χ0v) is 12.1. The molecule has 2 aromatic carbocycles. The highest BCUT2D eigenvalue weighted by Crippen LogP contribution is 2.29. The largest absolute Gasteiger partial charge is 0.455 e. The summed E-state index contributed by atoms with van der Waals surface area (Å²) in [7, 11) is 0. The summed E-state index contributed by atoms with van der Waals surface area (Å²) in [6.07, 6.45) is 0. The fraction of sp³-hybridized carbons (Fsp3) is 0.188. The molecule has 0 saturated carbocycles. The van der Waals surface area contributed by atoms with Gasteiger partial charge in [-0.25, -0.2) is 0 Å². The van der Waals surface area contributed by atoms with Gasteiger partial charge in [-0.15, -0.1) is 11.6 Å². The van der Waals surface area contributed by atoms with Gasteiger partial charge in [-0.05, 0) is 38.1 Å². The van der Waals surface area contributed by atoms with E-state index in [0.29, 0.717) is 11.4 Å². The van der Waals surface area contributed by atoms with E-state index in [-0.39, 0.29) is 5.91 Å². The number of nitrogens with one attached hydrogen (secondary N) is 1. The van der Waals surface area contributed by atoms with E-state index in [1.165, 1.54) is 0 Å². The minimum absolute atomic E-state index is 0.258. The van der Waals surface area contributed by atoms with Crippen molar-refractivity contribution in [2.45, 2.75) is 19.2 Å². The Morgan fingerprint density at radius 3 is 2.45 bits per heavy atom. The second-order valence-corrected chi connectivity index (χ2v) is 5.17. The van der Waals surface area contributed by atoms with Gasteiger partial charge in [0, 0.05) is 0 Å². The predicted molar refractivity (Wildman–Crippen MR) is 81.6 cm³/mol. The normalized spacial score (nSPS) is 11.8. The molecule has 1 atom stereocenters. The summed E-state index contributed by atoms with van der Waals surface area (Å²) in [6.45, 7) is 3.64. The SMILES string of the molecule is Cc1ccc(Oc2ccccc2NC(=O)C(C)Cl)cc1. The topological polar surface area (TPSA) is 38.3 Å². The monoisotopic (exact) mass is 289 g/mol. The molecule has 0 heterocycles. The van der Waals surface area contributed by atoms with Gasteiger partial charge >= 0.3 is 0 Å². The van der Waals surface area contributed by atoms with Crippen LogP contribution in [0.2, 0.25) is 0 Å². The number of aryl methyl sites for hydroxylation is 1. The average Bonchev–Trinajstić information content (AvgIpc) is 2.43. The molecule has 2 aromatic rings. The molecular weight excluding hydrogens is 274 g/mol. The summed E-state index contributed by atoms with van der Waals surface area (Å²) in [5.74, 6) is 1.05. The molecule has 104 valence electrons. The van der Waals surface area contributed by atoms with Gasteiger partial charge in [0.05, 0.1) is 5.69 Å². The Bertz CT molecular complexity index is 594. The smallest absolute Gasteiger partial charge is 0.242 e. The van der Waals surface area contributed by atoms with Crippen molar-refractivity contribution < 1.29 is 9.53 Å². The molecule has 0 aromatic heterocycles. The molecule has 2 rings (SSSR count). The average molecular weight is 290 g/mol. The van der Waals surface area contributed by atoms with E-state index in [9.17, 15) is 4.79 Å². The number of halogens is 1. The third-order valence-corrected chi connectivity index (χ3v) is 2.95. The lowest BCUT2D eigenvalue weighted by molar-refractivity contribution is -0.115. The van der Waals surface area contributed by atoms with Crippen molar-refractivity contribution in [1.29, 1.82) is 0 Å². The third-order valence-electron chi connectivity index (χ3n) is 2.76. The first-order valence-corrected chi connectivity index (χ1v) is 6.78. The van der Waals surface area contributed by atoms with E-state index in [4.69, 9.17) is 16.3 Å². The van der Waals surface area contributed by atoms with E-state index in [1.54, 1.807) is 19.1 Å². The van der Waals surface area contributed by atoms with Crippen LogP contribution in [0.1, 0.15) is 12.5 Å². The van der Waals surface area contributed by atoms with Crippen LogP contribution in [0.3, 0.4) is 0 Å². The highest BCUT2D eigenvalue weighted by atomic mass is 35.5. The number of para-hydroxylation sites is 2. The molecule has 0 spiro atoms. The van der Waals surface area contributed by atoms with Gasteiger partial charge in [0.25, 0.3) is 0 Å². The molecule has 0 fully saturated rings. The molecule has 0 aliphatic heterocycles. The van der Waals surface area contributed by atoms with Crippen molar-refractivity contribution in [3.05, 3.63) is 54.1 Å². The molecule has 0 saturated heterocycles. The minimum Gasteiger partial charge on any atom is -0.455 e. The van der Waals surface area contributed by atoms with Crippen molar-refractivity contribution in [1.82, 2.24) is 0 Å². The van der Waals surface area contributed by atoms with E-state index in [1.807, 2.05) is 43.3 Å². The van der Waals surface area contributed by atoms with E-state index >= 15 is 0 Å². The van der Waals surface area contributed by atoms with Crippen LogP contribution < -0.4 is 10.1 Å². The lowest BCUT2D eigenvalue weighted by Crippen LogP contribution is -2.20. The summed E-state index contributed by atoms with van der Waals surface area (Å²) in [6, 6.07) is 15.0. The molecule has 0 aliphatic rings. The molecule has 0 aliphatic carbocycles. The zero-order chi connectivity index (χ0) is 14.5. The molecule has 3 nitrogen and oxygen atoms in total. The molecular formula is C16H16ClNO2. The number of amides is 1. The molecule has 20 heavy (non-hydrogen) atoms. The number of rotatable bonds is 4. The summed E-state index contributed by atoms with van der Waals surface area (Å²) < 4.78 is 5.79. The first-order chi connectivity index (χ1) is 9.56. The van der Waals surface area contributed by atoms with Crippen molar-refractivity contribution >= 4 is 23.2 Å². The van der Waals surface area contributed by atoms with Gasteiger partial charge in [0.15, 0.2) is 5.75 Å². The number of anilines is 1. The molecule has 1 N–H and O–H groups in total. The van der Waals surface area contributed by atoms with Crippen LogP contribution in [0, 0.1) is 6.92 Å². The van der Waals surface area contributed by atoms with Crippen LogP contribution in [-0.2, 0) is 4.79 Å². The lowest BCUT2D eigenvalue weighted by Gasteiger charge is -2.13. The van der Waals surface area contributed by atoms with Crippen molar-refractivity contribution in [2.24, 2.45) is 0 Å². The molecule has 1 unspecified atom stereocenters. The van der Waals surface area contributed by atoms with E-state index in [0.717, 1.165) is 11.3 Å². The fourth-order valence-corrected chi connectivity index (χ4v) is 1.68. The summed E-state index contributed by atoms with van der Waals surface area (Å²) >= 11 is 5.76. The Morgan fingerprint density at radius 1 is 1.15 bits per heavy atom. The Labute approximate surface area is 123 Å². The Hall–Kier alpha value is -2.00. The van der Waals surface area contributed by atoms with E-state index < -0.39 is 5.38 Å². The standard InChI is InChI=1S/C16H16ClNO2/c1-11-7-9-13(10-8-11)20-15-6-4-3-5-14(15)18-16(19)12(2)17/h3-10,12H,1-2H3,(H,18,19). The minimum atomic E-state index is -0.595. The number of hydrogen-bond acceptors (Lipinski definition) is 2. The fourth-order valence-electron chi connectivity index (χ4n) is 1.62.